The SMILES string of the molecule is O=C1Oc2ccccc2/C1=C\c1ccccc1[N+](=O)[O-]. The first kappa shape index (κ1) is 12.1. The number of carbonyl (C=O) groups is 1. The smallest absolute Gasteiger partial charge is 0.344 e. The van der Waals surface area contributed by atoms with Gasteiger partial charge in [0, 0.05) is 11.6 Å². The van der Waals surface area contributed by atoms with Gasteiger partial charge in [0.2, 0.25) is 0 Å². The fourth-order valence-corrected chi connectivity index (χ4v) is 2.11. The topological polar surface area (TPSA) is 69.4 Å². The molecule has 0 aliphatic carbocycles. The molecule has 5 heteroatoms. The number of nitro groups is 1. The number of nitro benzene ring substituents is 1. The van der Waals surface area contributed by atoms with Crippen LogP contribution in [-0.2, 0) is 4.79 Å². The second kappa shape index (κ2) is 4.62. The molecule has 0 bridgehead atoms. The van der Waals surface area contributed by atoms with Crippen LogP contribution in [-0.4, -0.2) is 10.9 Å². The van der Waals surface area contributed by atoms with Gasteiger partial charge in [-0.1, -0.05) is 30.3 Å². The molecule has 0 atom stereocenters. The van der Waals surface area contributed by atoms with Crippen molar-refractivity contribution in [2.24, 2.45) is 0 Å². The molecule has 98 valence electrons. The molecule has 1 heterocycles. The first-order chi connectivity index (χ1) is 9.66. The average molecular weight is 267 g/mol. The van der Waals surface area contributed by atoms with E-state index < -0.39 is 10.9 Å². The van der Waals surface area contributed by atoms with Crippen molar-refractivity contribution in [1.29, 1.82) is 0 Å². The van der Waals surface area contributed by atoms with Gasteiger partial charge in [-0.2, -0.15) is 0 Å². The Morgan fingerprint density at radius 2 is 1.75 bits per heavy atom. The van der Waals surface area contributed by atoms with E-state index in [0.717, 1.165) is 0 Å². The summed E-state index contributed by atoms with van der Waals surface area (Å²) in [5.41, 5.74) is 1.31. The first-order valence-corrected chi connectivity index (χ1v) is 5.93. The van der Waals surface area contributed by atoms with Gasteiger partial charge in [-0.3, -0.25) is 10.1 Å². The van der Waals surface area contributed by atoms with Gasteiger partial charge in [0.05, 0.1) is 16.1 Å². The molecule has 0 aromatic heterocycles. The summed E-state index contributed by atoms with van der Waals surface area (Å²) in [7, 11) is 0. The maximum Gasteiger partial charge on any atom is 0.344 e. The summed E-state index contributed by atoms with van der Waals surface area (Å²) < 4.78 is 5.11. The molecule has 1 aliphatic heterocycles. The molecule has 0 N–H and O–H groups in total. The predicted molar refractivity (Wildman–Crippen MR) is 73.0 cm³/mol. The standard InChI is InChI=1S/C15H9NO4/c17-15-12(11-6-2-4-8-14(11)20-15)9-10-5-1-3-7-13(10)16(18)19/h1-9H/b12-9+. The highest BCUT2D eigenvalue weighted by molar-refractivity contribution is 6.26. The van der Waals surface area contributed by atoms with Crippen molar-refractivity contribution < 1.29 is 14.5 Å². The molecule has 1 aliphatic rings. The molecule has 0 amide bonds. The molecule has 0 saturated carbocycles. The summed E-state index contributed by atoms with van der Waals surface area (Å²) >= 11 is 0. The fraction of sp³-hybridized carbons (Fsp3) is 0. The number of ether oxygens (including phenoxy) is 1. The van der Waals surface area contributed by atoms with Crippen LogP contribution in [0.3, 0.4) is 0 Å². The number of benzene rings is 2. The zero-order valence-electron chi connectivity index (χ0n) is 10.3. The maximum atomic E-state index is 11.9. The van der Waals surface area contributed by atoms with Crippen LogP contribution in [0, 0.1) is 10.1 Å². The first-order valence-electron chi connectivity index (χ1n) is 5.93. The lowest BCUT2D eigenvalue weighted by Gasteiger charge is -1.98. The van der Waals surface area contributed by atoms with Crippen LogP contribution in [0.4, 0.5) is 5.69 Å². The molecule has 2 aromatic carbocycles. The zero-order chi connectivity index (χ0) is 14.1. The number of para-hydroxylation sites is 2. The molecule has 0 saturated heterocycles. The summed E-state index contributed by atoms with van der Waals surface area (Å²) in [6, 6.07) is 13.3. The van der Waals surface area contributed by atoms with Crippen LogP contribution in [0.25, 0.3) is 11.6 Å². The zero-order valence-corrected chi connectivity index (χ0v) is 10.3. The van der Waals surface area contributed by atoms with E-state index in [1.165, 1.54) is 12.1 Å². The van der Waals surface area contributed by atoms with Gasteiger partial charge in [0.25, 0.3) is 5.69 Å². The van der Waals surface area contributed by atoms with Gasteiger partial charge in [0.1, 0.15) is 5.75 Å². The lowest BCUT2D eigenvalue weighted by Crippen LogP contribution is -2.00. The third-order valence-corrected chi connectivity index (χ3v) is 3.03. The summed E-state index contributed by atoms with van der Waals surface area (Å²) in [6.07, 6.45) is 1.49. The number of fused-ring (bicyclic) bond motifs is 1. The Bertz CT molecular complexity index is 749. The van der Waals surface area contributed by atoms with Gasteiger partial charge in [-0.05, 0) is 18.2 Å². The van der Waals surface area contributed by atoms with Crippen molar-refractivity contribution in [2.75, 3.05) is 0 Å². The number of carbonyl (C=O) groups excluding carboxylic acids is 1. The summed E-state index contributed by atoms with van der Waals surface area (Å²) in [4.78, 5) is 22.4. The molecule has 3 rings (SSSR count). The van der Waals surface area contributed by atoms with Gasteiger partial charge in [-0.15, -0.1) is 0 Å². The molecule has 0 unspecified atom stereocenters. The van der Waals surface area contributed by atoms with Crippen molar-refractivity contribution in [2.45, 2.75) is 0 Å². The number of rotatable bonds is 2. The molecule has 0 spiro atoms. The van der Waals surface area contributed by atoms with Crippen molar-refractivity contribution in [3.63, 3.8) is 0 Å². The van der Waals surface area contributed by atoms with Crippen molar-refractivity contribution in [3.05, 3.63) is 69.8 Å². The fourth-order valence-electron chi connectivity index (χ4n) is 2.11. The normalized spacial score (nSPS) is 15.0. The number of nitrogens with zero attached hydrogens (tertiary/aromatic N) is 1. The Balaban J connectivity index is 2.14. The Kier molecular flexibility index (Phi) is 2.80. The van der Waals surface area contributed by atoms with Gasteiger partial charge >= 0.3 is 5.97 Å². The van der Waals surface area contributed by atoms with Crippen LogP contribution in [0.2, 0.25) is 0 Å². The third kappa shape index (κ3) is 1.95. The second-order valence-electron chi connectivity index (χ2n) is 4.26. The second-order valence-corrected chi connectivity index (χ2v) is 4.26. The molecule has 0 fully saturated rings. The number of hydrogen-bond acceptors (Lipinski definition) is 4. The highest BCUT2D eigenvalue weighted by Gasteiger charge is 2.27. The minimum atomic E-state index is -0.496. The van der Waals surface area contributed by atoms with E-state index in [1.54, 1.807) is 42.5 Å². The van der Waals surface area contributed by atoms with E-state index in [-0.39, 0.29) is 5.69 Å². The monoisotopic (exact) mass is 267 g/mol. The minimum absolute atomic E-state index is 0.0443. The molecule has 0 radical (unpaired) electrons. The summed E-state index contributed by atoms with van der Waals surface area (Å²) in [6.45, 7) is 0. The molecular formula is C15H9NO4. The largest absolute Gasteiger partial charge is 0.422 e. The van der Waals surface area contributed by atoms with E-state index >= 15 is 0 Å². The quantitative estimate of drug-likeness (QED) is 0.276. The Morgan fingerprint density at radius 1 is 1.05 bits per heavy atom. The van der Waals surface area contributed by atoms with Crippen LogP contribution in [0.1, 0.15) is 11.1 Å². The van der Waals surface area contributed by atoms with Gasteiger partial charge < -0.3 is 4.74 Å². The molecule has 2 aromatic rings. The number of esters is 1. The van der Waals surface area contributed by atoms with E-state index in [1.807, 2.05) is 0 Å². The van der Waals surface area contributed by atoms with Crippen molar-refractivity contribution in [3.8, 4) is 5.75 Å². The van der Waals surface area contributed by atoms with Crippen molar-refractivity contribution in [1.82, 2.24) is 0 Å². The Morgan fingerprint density at radius 3 is 2.55 bits per heavy atom. The average Bonchev–Trinajstić information content (AvgIpc) is 2.76. The van der Waals surface area contributed by atoms with Crippen molar-refractivity contribution >= 4 is 23.3 Å². The minimum Gasteiger partial charge on any atom is -0.422 e. The molecule has 20 heavy (non-hydrogen) atoms. The third-order valence-electron chi connectivity index (χ3n) is 3.03. The molecular weight excluding hydrogens is 258 g/mol. The predicted octanol–water partition coefficient (Wildman–Crippen LogP) is 3.05. The lowest BCUT2D eigenvalue weighted by molar-refractivity contribution is -0.385. The van der Waals surface area contributed by atoms with Crippen LogP contribution in [0.5, 0.6) is 5.75 Å². The van der Waals surface area contributed by atoms with Gasteiger partial charge in [0.15, 0.2) is 0 Å². The summed E-state index contributed by atoms with van der Waals surface area (Å²) in [5, 5.41) is 11.0. The highest BCUT2D eigenvalue weighted by Crippen LogP contribution is 2.36. The van der Waals surface area contributed by atoms with Crippen LogP contribution in [0.15, 0.2) is 48.5 Å². The van der Waals surface area contributed by atoms with Gasteiger partial charge in [-0.25, -0.2) is 4.79 Å². The highest BCUT2D eigenvalue weighted by atomic mass is 16.6. The summed E-state index contributed by atoms with van der Waals surface area (Å²) in [5.74, 6) is -0.0216. The van der Waals surface area contributed by atoms with E-state index in [4.69, 9.17) is 4.74 Å². The van der Waals surface area contributed by atoms with E-state index in [0.29, 0.717) is 22.4 Å². The van der Waals surface area contributed by atoms with E-state index in [9.17, 15) is 14.9 Å². The maximum absolute atomic E-state index is 11.9. The van der Waals surface area contributed by atoms with Crippen LogP contribution >= 0.6 is 0 Å². The van der Waals surface area contributed by atoms with Crippen LogP contribution < -0.4 is 4.74 Å². The number of hydrogen-bond donors (Lipinski definition) is 0. The Labute approximate surface area is 114 Å². The Hall–Kier alpha value is -2.95. The lowest BCUT2D eigenvalue weighted by atomic mass is 10.0. The molecule has 5 nitrogen and oxygen atoms in total. The van der Waals surface area contributed by atoms with E-state index in [2.05, 4.69) is 0 Å².